The monoisotopic (exact) mass is 443 g/mol. The first-order valence-electron chi connectivity index (χ1n) is 10.6. The predicted octanol–water partition coefficient (Wildman–Crippen LogP) is 2.64. The molecule has 0 bridgehead atoms. The number of nitrogens with one attached hydrogen (secondary N) is 1. The molecule has 1 aromatic carbocycles. The van der Waals surface area contributed by atoms with Gasteiger partial charge in [0.05, 0.1) is 24.7 Å². The van der Waals surface area contributed by atoms with Gasteiger partial charge in [-0.15, -0.1) is 0 Å². The molecular formula is C21H28F3N3O2S. The lowest BCUT2D eigenvalue weighted by molar-refractivity contribution is -0.137. The molecule has 5 nitrogen and oxygen atoms in total. The Morgan fingerprint density at radius 2 is 2.03 bits per heavy atom. The fourth-order valence-electron chi connectivity index (χ4n) is 4.57. The van der Waals surface area contributed by atoms with Crippen LogP contribution in [0.1, 0.15) is 17.5 Å². The van der Waals surface area contributed by atoms with Crippen LogP contribution in [0.15, 0.2) is 18.2 Å². The standard InChI is InChI=1S/C21H28F3N3O2S/c22-21(23,24)16-2-3-18-15(12-16)13-17(19-14-30-11-8-27(18)19)20(28)25-4-1-5-26-6-9-29-10-7-26/h2-3,12,17,19H,1,4-11,13-14H2,(H,25,28)/t17-,19-/m0/s1. The van der Waals surface area contributed by atoms with E-state index in [1.54, 1.807) is 6.07 Å². The molecule has 3 heterocycles. The molecule has 9 heteroatoms. The number of nitrogens with zero attached hydrogens (tertiary/aromatic N) is 2. The molecule has 0 spiro atoms. The maximum Gasteiger partial charge on any atom is 0.416 e. The highest BCUT2D eigenvalue weighted by Gasteiger charge is 2.41. The van der Waals surface area contributed by atoms with Crippen molar-refractivity contribution in [3.05, 3.63) is 29.3 Å². The number of carbonyl (C=O) groups excluding carboxylic acids is 1. The number of carbonyl (C=O) groups is 1. The Morgan fingerprint density at radius 1 is 1.23 bits per heavy atom. The van der Waals surface area contributed by atoms with E-state index < -0.39 is 11.7 Å². The van der Waals surface area contributed by atoms with Gasteiger partial charge in [0.25, 0.3) is 0 Å². The van der Waals surface area contributed by atoms with Crippen molar-refractivity contribution in [3.8, 4) is 0 Å². The Bertz CT molecular complexity index is 756. The minimum Gasteiger partial charge on any atom is -0.379 e. The van der Waals surface area contributed by atoms with Crippen molar-refractivity contribution in [2.45, 2.75) is 25.1 Å². The van der Waals surface area contributed by atoms with Gasteiger partial charge in [0.2, 0.25) is 5.91 Å². The van der Waals surface area contributed by atoms with Gasteiger partial charge in [-0.1, -0.05) is 0 Å². The van der Waals surface area contributed by atoms with E-state index in [0.717, 1.165) is 69.1 Å². The number of anilines is 1. The van der Waals surface area contributed by atoms with E-state index in [2.05, 4.69) is 15.1 Å². The Kier molecular flexibility index (Phi) is 6.79. The van der Waals surface area contributed by atoms with Gasteiger partial charge in [0.15, 0.2) is 0 Å². The molecule has 0 saturated carbocycles. The molecule has 4 rings (SSSR count). The molecule has 2 saturated heterocycles. The van der Waals surface area contributed by atoms with Gasteiger partial charge in [-0.3, -0.25) is 9.69 Å². The summed E-state index contributed by atoms with van der Waals surface area (Å²) in [5.74, 6) is 1.38. The lowest BCUT2D eigenvalue weighted by Gasteiger charge is -2.45. The fraction of sp³-hybridized carbons (Fsp3) is 0.667. The molecule has 1 aromatic rings. The largest absolute Gasteiger partial charge is 0.416 e. The number of hydrogen-bond acceptors (Lipinski definition) is 5. The summed E-state index contributed by atoms with van der Waals surface area (Å²) in [7, 11) is 0. The lowest BCUT2D eigenvalue weighted by Crippen LogP contribution is -2.55. The SMILES string of the molecule is O=C(NCCCN1CCOCC1)[C@H]1Cc2cc(C(F)(F)F)ccc2N2CCSC[C@@H]12. The van der Waals surface area contributed by atoms with E-state index >= 15 is 0 Å². The highest BCUT2D eigenvalue weighted by molar-refractivity contribution is 7.99. The van der Waals surface area contributed by atoms with Crippen molar-refractivity contribution >= 4 is 23.4 Å². The Balaban J connectivity index is 1.41. The summed E-state index contributed by atoms with van der Waals surface area (Å²) in [6.07, 6.45) is -3.16. The quantitative estimate of drug-likeness (QED) is 0.709. The smallest absolute Gasteiger partial charge is 0.379 e. The molecule has 166 valence electrons. The number of benzene rings is 1. The number of morpholine rings is 1. The molecule has 30 heavy (non-hydrogen) atoms. The van der Waals surface area contributed by atoms with Crippen LogP contribution in [0, 0.1) is 5.92 Å². The highest BCUT2D eigenvalue weighted by Crippen LogP contribution is 2.40. The van der Waals surface area contributed by atoms with Gasteiger partial charge in [-0.25, -0.2) is 0 Å². The number of hydrogen-bond donors (Lipinski definition) is 1. The zero-order valence-corrected chi connectivity index (χ0v) is 17.7. The van der Waals surface area contributed by atoms with Gasteiger partial charge in [0.1, 0.15) is 0 Å². The van der Waals surface area contributed by atoms with Crippen LogP contribution < -0.4 is 10.2 Å². The third-order valence-corrected chi connectivity index (χ3v) is 7.23. The average Bonchev–Trinajstić information content (AvgIpc) is 2.75. The average molecular weight is 444 g/mol. The maximum atomic E-state index is 13.2. The number of rotatable bonds is 5. The number of amides is 1. The van der Waals surface area contributed by atoms with Crippen molar-refractivity contribution in [2.24, 2.45) is 5.92 Å². The molecule has 2 atom stereocenters. The second-order valence-corrected chi connectivity index (χ2v) is 9.24. The molecule has 0 aliphatic carbocycles. The van der Waals surface area contributed by atoms with E-state index in [9.17, 15) is 18.0 Å². The first-order valence-corrected chi connectivity index (χ1v) is 11.7. The second-order valence-electron chi connectivity index (χ2n) is 8.09. The summed E-state index contributed by atoms with van der Waals surface area (Å²) in [5, 5.41) is 3.05. The molecule has 0 aromatic heterocycles. The molecule has 1 N–H and O–H groups in total. The van der Waals surface area contributed by atoms with Crippen LogP contribution in [-0.2, 0) is 22.1 Å². The van der Waals surface area contributed by atoms with Gasteiger partial charge in [-0.05, 0) is 43.1 Å². The minimum absolute atomic E-state index is 0.0345. The summed E-state index contributed by atoms with van der Waals surface area (Å²) >= 11 is 1.81. The van der Waals surface area contributed by atoms with Crippen LogP contribution in [0.25, 0.3) is 0 Å². The van der Waals surface area contributed by atoms with Crippen molar-refractivity contribution in [1.29, 1.82) is 0 Å². The highest BCUT2D eigenvalue weighted by atomic mass is 32.2. The van der Waals surface area contributed by atoms with Crippen molar-refractivity contribution in [2.75, 3.05) is 62.3 Å². The van der Waals surface area contributed by atoms with Crippen LogP contribution in [0.3, 0.4) is 0 Å². The maximum absolute atomic E-state index is 13.2. The van der Waals surface area contributed by atoms with E-state index in [-0.39, 0.29) is 17.9 Å². The Labute approximate surface area is 179 Å². The Hall–Kier alpha value is -1.45. The third-order valence-electron chi connectivity index (χ3n) is 6.18. The van der Waals surface area contributed by atoms with Crippen LogP contribution in [0.2, 0.25) is 0 Å². The number of halogens is 3. The molecular weight excluding hydrogens is 415 g/mol. The predicted molar refractivity (Wildman–Crippen MR) is 112 cm³/mol. The minimum atomic E-state index is -4.37. The van der Waals surface area contributed by atoms with Gasteiger partial charge in [0, 0.05) is 49.4 Å². The number of ether oxygens (including phenoxy) is 1. The summed E-state index contributed by atoms with van der Waals surface area (Å²) in [5.41, 5.74) is 0.835. The summed E-state index contributed by atoms with van der Waals surface area (Å²) in [4.78, 5) is 17.5. The fourth-order valence-corrected chi connectivity index (χ4v) is 5.72. The van der Waals surface area contributed by atoms with E-state index in [1.807, 2.05) is 11.8 Å². The van der Waals surface area contributed by atoms with Crippen LogP contribution >= 0.6 is 11.8 Å². The molecule has 3 aliphatic rings. The summed E-state index contributed by atoms with van der Waals surface area (Å²) in [6.45, 7) is 5.60. The lowest BCUT2D eigenvalue weighted by atomic mass is 9.84. The van der Waals surface area contributed by atoms with Crippen molar-refractivity contribution in [3.63, 3.8) is 0 Å². The second kappa shape index (κ2) is 9.36. The van der Waals surface area contributed by atoms with Crippen LogP contribution in [0.5, 0.6) is 0 Å². The number of fused-ring (bicyclic) bond motifs is 3. The zero-order valence-electron chi connectivity index (χ0n) is 16.9. The van der Waals surface area contributed by atoms with Crippen molar-refractivity contribution < 1.29 is 22.7 Å². The zero-order chi connectivity index (χ0) is 21.1. The topological polar surface area (TPSA) is 44.8 Å². The van der Waals surface area contributed by atoms with E-state index in [4.69, 9.17) is 4.74 Å². The number of alkyl halides is 3. The van der Waals surface area contributed by atoms with Gasteiger partial charge >= 0.3 is 6.18 Å². The third kappa shape index (κ3) is 4.89. The summed E-state index contributed by atoms with van der Waals surface area (Å²) < 4.78 is 44.9. The van der Waals surface area contributed by atoms with E-state index in [0.29, 0.717) is 18.5 Å². The molecule has 0 radical (unpaired) electrons. The molecule has 1 amide bonds. The van der Waals surface area contributed by atoms with Crippen LogP contribution in [-0.4, -0.2) is 74.3 Å². The summed E-state index contributed by atoms with van der Waals surface area (Å²) in [6, 6.07) is 4.00. The first kappa shape index (κ1) is 21.8. The van der Waals surface area contributed by atoms with Crippen molar-refractivity contribution in [1.82, 2.24) is 10.2 Å². The normalized spacial score (nSPS) is 24.8. The van der Waals surface area contributed by atoms with Gasteiger partial charge in [-0.2, -0.15) is 24.9 Å². The van der Waals surface area contributed by atoms with Crippen LogP contribution in [0.4, 0.5) is 18.9 Å². The number of thioether (sulfide) groups is 1. The molecule has 0 unspecified atom stereocenters. The van der Waals surface area contributed by atoms with Gasteiger partial charge < -0.3 is 15.0 Å². The first-order chi connectivity index (χ1) is 14.4. The molecule has 3 aliphatic heterocycles. The van der Waals surface area contributed by atoms with E-state index in [1.165, 1.54) is 6.07 Å². The molecule has 2 fully saturated rings. The Morgan fingerprint density at radius 3 is 2.80 bits per heavy atom.